The second-order valence-electron chi connectivity index (χ2n) is 12.4. The third-order valence-electron chi connectivity index (χ3n) is 8.54. The average molecular weight is 714 g/mol. The average Bonchev–Trinajstić information content (AvgIpc) is 3.48. The number of hydrogen-bond acceptors (Lipinski definition) is 9. The molecule has 272 valence electrons. The van der Waals surface area contributed by atoms with Gasteiger partial charge in [0.1, 0.15) is 6.10 Å². The van der Waals surface area contributed by atoms with Crippen molar-refractivity contribution in [3.8, 4) is 11.8 Å². The third-order valence-corrected chi connectivity index (χ3v) is 9.52. The Morgan fingerprint density at radius 3 is 2.34 bits per heavy atom. The summed E-state index contributed by atoms with van der Waals surface area (Å²) in [5.74, 6) is 6.21. The molecule has 0 aromatic heterocycles. The lowest BCUT2D eigenvalue weighted by Gasteiger charge is -2.25. The van der Waals surface area contributed by atoms with Crippen molar-refractivity contribution >= 4 is 25.7 Å². The predicted molar refractivity (Wildman–Crippen MR) is 185 cm³/mol. The highest BCUT2D eigenvalue weighted by molar-refractivity contribution is 7.47. The predicted octanol–water partition coefficient (Wildman–Crippen LogP) is 3.73. The number of aliphatic hydroxyl groups is 2. The van der Waals surface area contributed by atoms with Crippen molar-refractivity contribution < 1.29 is 47.8 Å². The van der Waals surface area contributed by atoms with Crippen LogP contribution >= 0.6 is 7.82 Å². The van der Waals surface area contributed by atoms with E-state index in [2.05, 4.69) is 27.0 Å². The van der Waals surface area contributed by atoms with E-state index in [4.69, 9.17) is 14.4 Å². The van der Waals surface area contributed by atoms with Crippen LogP contribution in [0.1, 0.15) is 86.1 Å². The number of unbranched alkanes of at least 4 members (excludes halogenated alkanes) is 4. The molecule has 4 rings (SSSR count). The number of carbonyl (C=O) groups is 3. The molecule has 2 aliphatic rings. The van der Waals surface area contributed by atoms with Gasteiger partial charge >= 0.3 is 13.9 Å². The van der Waals surface area contributed by atoms with Crippen molar-refractivity contribution in [3.05, 3.63) is 70.8 Å². The van der Waals surface area contributed by atoms with Crippen LogP contribution in [0.15, 0.2) is 48.5 Å². The number of nitrogens with one attached hydrogen (secondary N) is 2. The maximum Gasteiger partial charge on any atom is 0.472 e. The molecule has 5 N–H and O–H groups in total. The number of nitrogens with zero attached hydrogens (tertiary/aromatic N) is 1. The maximum absolute atomic E-state index is 12.7. The minimum absolute atomic E-state index is 0.0437. The van der Waals surface area contributed by atoms with Crippen molar-refractivity contribution in [2.24, 2.45) is 0 Å². The van der Waals surface area contributed by atoms with Crippen LogP contribution in [0.2, 0.25) is 0 Å². The van der Waals surface area contributed by atoms with E-state index in [0.29, 0.717) is 51.6 Å². The molecule has 0 spiro atoms. The van der Waals surface area contributed by atoms with Gasteiger partial charge in [0, 0.05) is 55.6 Å². The number of phosphoric acid groups is 1. The fourth-order valence-corrected chi connectivity index (χ4v) is 6.72. The Kier molecular flexibility index (Phi) is 15.8. The van der Waals surface area contributed by atoms with E-state index in [-0.39, 0.29) is 44.4 Å². The van der Waals surface area contributed by atoms with E-state index in [9.17, 15) is 28.9 Å². The number of amides is 3. The molecule has 0 radical (unpaired) electrons. The zero-order valence-corrected chi connectivity index (χ0v) is 29.2. The van der Waals surface area contributed by atoms with Crippen LogP contribution < -0.4 is 10.6 Å². The van der Waals surface area contributed by atoms with Crippen molar-refractivity contribution in [2.45, 2.75) is 82.5 Å². The van der Waals surface area contributed by atoms with Gasteiger partial charge in [0.05, 0.1) is 32.0 Å². The first-order valence-corrected chi connectivity index (χ1v) is 18.7. The lowest BCUT2D eigenvalue weighted by Crippen LogP contribution is -2.38. The first-order valence-electron chi connectivity index (χ1n) is 17.3. The van der Waals surface area contributed by atoms with E-state index in [0.717, 1.165) is 35.1 Å². The standard InChI is InChI=1S/C36H48N3O10P/c40-21-22-47-50(45,46)48-26-30-24-31(41)25-39(30)35(43)16-4-2-9-19-37-34(42)15-3-1-10-20-38-36(44)49-33-23-29-13-6-5-11-27(29)17-18-28-12-7-8-14-32(28)33/h5-8,11-14,30-31,33,40-41H,1-4,9-10,15-16,19-26H2,(H,37,42)(H,38,44)(H,45,46)/t30-,31+,33?/m0/s1. The van der Waals surface area contributed by atoms with Crippen molar-refractivity contribution in [2.75, 3.05) is 39.5 Å². The van der Waals surface area contributed by atoms with E-state index >= 15 is 0 Å². The SMILES string of the molecule is O=C(CCCCCNC(=O)OC1Cc2ccccc2C#Cc2ccccc21)NCCCCCC(=O)N1C[C@H](O)C[C@H]1COP(=O)(O)OCCO. The number of alkyl carbamates (subject to hydrolysis) is 1. The summed E-state index contributed by atoms with van der Waals surface area (Å²) in [6, 6.07) is 15.0. The van der Waals surface area contributed by atoms with Gasteiger partial charge in [0.2, 0.25) is 11.8 Å². The number of rotatable bonds is 19. The van der Waals surface area contributed by atoms with Gasteiger partial charge < -0.3 is 35.4 Å². The van der Waals surface area contributed by atoms with Gasteiger partial charge in [0.15, 0.2) is 0 Å². The topological polar surface area (TPSA) is 184 Å². The van der Waals surface area contributed by atoms with E-state index < -0.39 is 38.8 Å². The van der Waals surface area contributed by atoms with E-state index in [1.807, 2.05) is 48.5 Å². The van der Waals surface area contributed by atoms with Crippen molar-refractivity contribution in [3.63, 3.8) is 0 Å². The fraction of sp³-hybridized carbons (Fsp3) is 0.528. The molecule has 13 nitrogen and oxygen atoms in total. The summed E-state index contributed by atoms with van der Waals surface area (Å²) >= 11 is 0. The summed E-state index contributed by atoms with van der Waals surface area (Å²) in [5.41, 5.74) is 3.68. The minimum Gasteiger partial charge on any atom is -0.441 e. The summed E-state index contributed by atoms with van der Waals surface area (Å²) < 4.78 is 27.2. The molecule has 14 heteroatoms. The summed E-state index contributed by atoms with van der Waals surface area (Å²) in [7, 11) is -4.36. The zero-order chi connectivity index (χ0) is 35.8. The highest BCUT2D eigenvalue weighted by Crippen LogP contribution is 2.43. The van der Waals surface area contributed by atoms with Crippen LogP contribution in [-0.2, 0) is 34.4 Å². The van der Waals surface area contributed by atoms with Crippen molar-refractivity contribution in [1.29, 1.82) is 0 Å². The Bertz CT molecular complexity index is 1540. The highest BCUT2D eigenvalue weighted by Gasteiger charge is 2.36. The van der Waals surface area contributed by atoms with Gasteiger partial charge in [-0.3, -0.25) is 18.6 Å². The Hall–Kier alpha value is -3.76. The number of ether oxygens (including phenoxy) is 1. The molecule has 2 unspecified atom stereocenters. The molecule has 1 fully saturated rings. The second-order valence-corrected chi connectivity index (χ2v) is 13.9. The molecule has 4 atom stereocenters. The number of likely N-dealkylation sites (tertiary alicyclic amines) is 1. The number of fused-ring (bicyclic) bond motifs is 2. The molecule has 3 amide bonds. The van der Waals surface area contributed by atoms with E-state index in [1.165, 1.54) is 4.90 Å². The summed E-state index contributed by atoms with van der Waals surface area (Å²) in [6.07, 6.45) is 3.89. The smallest absolute Gasteiger partial charge is 0.441 e. The Labute approximate surface area is 293 Å². The number of phosphoric ester groups is 1. The highest BCUT2D eigenvalue weighted by atomic mass is 31.2. The van der Waals surface area contributed by atoms with E-state index in [1.54, 1.807) is 0 Å². The van der Waals surface area contributed by atoms with Crippen LogP contribution in [0.3, 0.4) is 0 Å². The van der Waals surface area contributed by atoms with Crippen LogP contribution in [0.4, 0.5) is 4.79 Å². The first kappa shape index (κ1) is 39.0. The number of aliphatic hydroxyl groups excluding tert-OH is 2. The van der Waals surface area contributed by atoms with Gasteiger partial charge in [-0.2, -0.15) is 0 Å². The Balaban J connectivity index is 1.04. The lowest BCUT2D eigenvalue weighted by atomic mass is 9.92. The number of hydrogen-bond donors (Lipinski definition) is 5. The monoisotopic (exact) mass is 713 g/mol. The maximum atomic E-state index is 12.7. The number of benzene rings is 2. The molecule has 2 aromatic carbocycles. The molecule has 0 saturated carbocycles. The van der Waals surface area contributed by atoms with Crippen LogP contribution in [0, 0.1) is 11.8 Å². The Morgan fingerprint density at radius 2 is 1.56 bits per heavy atom. The van der Waals surface area contributed by atoms with Crippen LogP contribution in [0.5, 0.6) is 0 Å². The molecule has 1 aliphatic carbocycles. The van der Waals surface area contributed by atoms with Gasteiger partial charge in [-0.05, 0) is 49.8 Å². The second kappa shape index (κ2) is 20.2. The van der Waals surface area contributed by atoms with Gasteiger partial charge in [0.25, 0.3) is 0 Å². The van der Waals surface area contributed by atoms with Crippen LogP contribution in [0.25, 0.3) is 0 Å². The third kappa shape index (κ3) is 12.8. The number of β-amino-alcohol motifs (C(OH)–C–C–N with tert-alkyl or cyclic N) is 1. The lowest BCUT2D eigenvalue weighted by molar-refractivity contribution is -0.133. The molecule has 0 bridgehead atoms. The molecular weight excluding hydrogens is 665 g/mol. The van der Waals surface area contributed by atoms with Gasteiger partial charge in [-0.1, -0.05) is 61.1 Å². The van der Waals surface area contributed by atoms with Gasteiger partial charge in [-0.15, -0.1) is 0 Å². The van der Waals surface area contributed by atoms with Crippen LogP contribution in [-0.4, -0.2) is 89.5 Å². The summed E-state index contributed by atoms with van der Waals surface area (Å²) in [5, 5.41) is 24.5. The van der Waals surface area contributed by atoms with Gasteiger partial charge in [-0.25, -0.2) is 9.36 Å². The Morgan fingerprint density at radius 1 is 0.880 bits per heavy atom. The first-order chi connectivity index (χ1) is 24.1. The molecule has 1 aliphatic heterocycles. The summed E-state index contributed by atoms with van der Waals surface area (Å²) in [6.45, 7) is 0.00621. The fourth-order valence-electron chi connectivity index (χ4n) is 5.98. The summed E-state index contributed by atoms with van der Waals surface area (Å²) in [4.78, 5) is 48.8. The molecule has 1 saturated heterocycles. The molecule has 1 heterocycles. The normalized spacial score (nSPS) is 19.1. The largest absolute Gasteiger partial charge is 0.472 e. The molecular formula is C36H48N3O10P. The number of carbonyl (C=O) groups excluding carboxylic acids is 3. The molecule has 2 aromatic rings. The molecule has 50 heavy (non-hydrogen) atoms. The van der Waals surface area contributed by atoms with Crippen molar-refractivity contribution in [1.82, 2.24) is 15.5 Å². The minimum atomic E-state index is -4.36. The zero-order valence-electron chi connectivity index (χ0n) is 28.3. The quantitative estimate of drug-likeness (QED) is 0.0817.